The topological polar surface area (TPSA) is 67.9 Å². The summed E-state index contributed by atoms with van der Waals surface area (Å²) >= 11 is 0. The number of carbonyl (C=O) groups is 2. The van der Waals surface area contributed by atoms with Crippen molar-refractivity contribution in [2.24, 2.45) is 5.41 Å². The van der Waals surface area contributed by atoms with Crippen molar-refractivity contribution in [2.75, 3.05) is 40.0 Å². The highest BCUT2D eigenvalue weighted by atomic mass is 16.5. The van der Waals surface area contributed by atoms with Gasteiger partial charge in [-0.1, -0.05) is 36.4 Å². The van der Waals surface area contributed by atoms with Crippen molar-refractivity contribution in [1.82, 2.24) is 10.2 Å². The first-order chi connectivity index (χ1) is 15.6. The van der Waals surface area contributed by atoms with Gasteiger partial charge < -0.3 is 19.7 Å². The van der Waals surface area contributed by atoms with Gasteiger partial charge >= 0.3 is 0 Å². The molecule has 0 saturated carbocycles. The van der Waals surface area contributed by atoms with Crippen LogP contribution in [0.1, 0.15) is 31.2 Å². The van der Waals surface area contributed by atoms with Crippen molar-refractivity contribution in [3.63, 3.8) is 0 Å². The summed E-state index contributed by atoms with van der Waals surface area (Å²) in [7, 11) is 1.66. The Morgan fingerprint density at radius 1 is 1.12 bits per heavy atom. The van der Waals surface area contributed by atoms with Crippen LogP contribution < -0.4 is 10.1 Å². The zero-order chi connectivity index (χ0) is 22.4. The lowest BCUT2D eigenvalue weighted by molar-refractivity contribution is -0.137. The second kappa shape index (κ2) is 10.2. The summed E-state index contributed by atoms with van der Waals surface area (Å²) in [5.41, 5.74) is 2.91. The molecule has 2 amide bonds. The van der Waals surface area contributed by atoms with E-state index in [4.69, 9.17) is 9.47 Å². The van der Waals surface area contributed by atoms with Crippen molar-refractivity contribution in [3.8, 4) is 16.9 Å². The molecule has 4 rings (SSSR count). The number of nitrogens with one attached hydrogen (secondary N) is 1. The second-order valence-electron chi connectivity index (χ2n) is 8.74. The Balaban J connectivity index is 1.45. The summed E-state index contributed by atoms with van der Waals surface area (Å²) in [6.07, 6.45) is 3.62. The number of methoxy groups -OCH3 is 1. The van der Waals surface area contributed by atoms with E-state index in [0.717, 1.165) is 35.4 Å². The summed E-state index contributed by atoms with van der Waals surface area (Å²) < 4.78 is 10.8. The number of rotatable bonds is 8. The maximum absolute atomic E-state index is 13.3. The van der Waals surface area contributed by atoms with Crippen molar-refractivity contribution < 1.29 is 19.1 Å². The zero-order valence-electron chi connectivity index (χ0n) is 18.8. The largest absolute Gasteiger partial charge is 0.497 e. The number of nitrogens with zero attached hydrogens (tertiary/aromatic N) is 1. The third-order valence-electron chi connectivity index (χ3n) is 6.66. The normalized spacial score (nSPS) is 17.9. The van der Waals surface area contributed by atoms with Crippen LogP contribution in [-0.2, 0) is 20.7 Å². The molecule has 170 valence electrons. The predicted molar refractivity (Wildman–Crippen MR) is 123 cm³/mol. The van der Waals surface area contributed by atoms with Crippen LogP contribution in [0.2, 0.25) is 0 Å². The van der Waals surface area contributed by atoms with E-state index in [0.29, 0.717) is 52.0 Å². The fraction of sp³-hybridized carbons (Fsp3) is 0.462. The highest BCUT2D eigenvalue weighted by molar-refractivity contribution is 5.83. The molecular formula is C26H32N2O4. The van der Waals surface area contributed by atoms with E-state index in [1.807, 2.05) is 17.0 Å². The van der Waals surface area contributed by atoms with Crippen molar-refractivity contribution >= 4 is 11.8 Å². The van der Waals surface area contributed by atoms with Crippen LogP contribution in [0.3, 0.4) is 0 Å². The lowest BCUT2D eigenvalue weighted by Gasteiger charge is -2.36. The molecule has 32 heavy (non-hydrogen) atoms. The Kier molecular flexibility index (Phi) is 7.10. The first-order valence-corrected chi connectivity index (χ1v) is 11.5. The third-order valence-corrected chi connectivity index (χ3v) is 6.66. The molecule has 2 aliphatic heterocycles. The molecule has 2 aromatic carbocycles. The molecule has 2 aliphatic rings. The minimum atomic E-state index is -0.480. The number of likely N-dealkylation sites (tertiary alicyclic amines) is 1. The third kappa shape index (κ3) is 5.13. The maximum atomic E-state index is 13.3. The lowest BCUT2D eigenvalue weighted by atomic mass is 9.74. The Morgan fingerprint density at radius 2 is 1.91 bits per heavy atom. The van der Waals surface area contributed by atoms with Crippen LogP contribution >= 0.6 is 0 Å². The number of carbonyl (C=O) groups excluding carboxylic acids is 2. The van der Waals surface area contributed by atoms with Crippen LogP contribution in [0, 0.1) is 5.41 Å². The molecule has 6 nitrogen and oxygen atoms in total. The first kappa shape index (κ1) is 22.3. The van der Waals surface area contributed by atoms with Crippen LogP contribution in [-0.4, -0.2) is 56.7 Å². The molecule has 0 radical (unpaired) electrons. The molecule has 6 heteroatoms. The lowest BCUT2D eigenvalue weighted by Crippen LogP contribution is -2.48. The minimum Gasteiger partial charge on any atom is -0.497 e. The molecule has 0 aromatic heterocycles. The summed E-state index contributed by atoms with van der Waals surface area (Å²) in [6, 6.07) is 16.4. The fourth-order valence-corrected chi connectivity index (χ4v) is 4.71. The average molecular weight is 437 g/mol. The monoisotopic (exact) mass is 436 g/mol. The fourth-order valence-electron chi connectivity index (χ4n) is 4.71. The van der Waals surface area contributed by atoms with Gasteiger partial charge in [-0.2, -0.15) is 0 Å². The van der Waals surface area contributed by atoms with Gasteiger partial charge in [0.25, 0.3) is 0 Å². The van der Waals surface area contributed by atoms with Crippen LogP contribution in [0.5, 0.6) is 5.75 Å². The summed E-state index contributed by atoms with van der Waals surface area (Å²) in [5.74, 6) is 1.09. The van der Waals surface area contributed by atoms with Crippen LogP contribution in [0.15, 0.2) is 48.5 Å². The van der Waals surface area contributed by atoms with E-state index in [1.54, 1.807) is 7.11 Å². The molecule has 0 bridgehead atoms. The Bertz CT molecular complexity index is 935. The Morgan fingerprint density at radius 3 is 2.59 bits per heavy atom. The van der Waals surface area contributed by atoms with Crippen LogP contribution in [0.25, 0.3) is 11.1 Å². The zero-order valence-corrected chi connectivity index (χ0v) is 18.8. The standard InChI is InChI=1S/C26H32N2O4/c1-31-23-9-7-21(8-10-23)22-5-2-4-20(18-22)19-26(11-16-32-17-12-26)25(30)27-13-15-28-14-3-6-24(28)29/h2,4-5,7-10,18H,3,6,11-17,19H2,1H3,(H,27,30). The van der Waals surface area contributed by atoms with Gasteiger partial charge in [0.2, 0.25) is 11.8 Å². The molecule has 2 saturated heterocycles. The highest BCUT2D eigenvalue weighted by Crippen LogP contribution is 2.36. The molecule has 2 aromatic rings. The van der Waals surface area contributed by atoms with Gasteiger partial charge in [-0.15, -0.1) is 0 Å². The Hall–Kier alpha value is -2.86. The summed E-state index contributed by atoms with van der Waals surface area (Å²) in [6.45, 7) is 3.07. The molecule has 0 unspecified atom stereocenters. The molecule has 0 atom stereocenters. The SMILES string of the molecule is COc1ccc(-c2cccc(CC3(C(=O)NCCN4CCCC4=O)CCOCC3)c2)cc1. The summed E-state index contributed by atoms with van der Waals surface area (Å²) in [4.78, 5) is 27.0. The average Bonchev–Trinajstić information content (AvgIpc) is 3.24. The molecule has 0 spiro atoms. The molecule has 1 N–H and O–H groups in total. The molecular weight excluding hydrogens is 404 g/mol. The quantitative estimate of drug-likeness (QED) is 0.688. The van der Waals surface area contributed by atoms with Gasteiger partial charge in [0, 0.05) is 39.3 Å². The molecule has 0 aliphatic carbocycles. The highest BCUT2D eigenvalue weighted by Gasteiger charge is 2.40. The minimum absolute atomic E-state index is 0.0716. The maximum Gasteiger partial charge on any atom is 0.226 e. The van der Waals surface area contributed by atoms with E-state index in [2.05, 4.69) is 41.7 Å². The number of ether oxygens (including phenoxy) is 2. The van der Waals surface area contributed by atoms with E-state index >= 15 is 0 Å². The Labute approximate surface area is 189 Å². The number of hydrogen-bond acceptors (Lipinski definition) is 4. The van der Waals surface area contributed by atoms with Gasteiger partial charge in [0.1, 0.15) is 5.75 Å². The molecule has 2 heterocycles. The van der Waals surface area contributed by atoms with Gasteiger partial charge in [0.05, 0.1) is 12.5 Å². The number of amides is 2. The number of hydrogen-bond donors (Lipinski definition) is 1. The summed E-state index contributed by atoms with van der Waals surface area (Å²) in [5, 5.41) is 3.12. The van der Waals surface area contributed by atoms with E-state index in [1.165, 1.54) is 0 Å². The van der Waals surface area contributed by atoms with Gasteiger partial charge in [-0.05, 0) is 54.5 Å². The smallest absolute Gasteiger partial charge is 0.226 e. The first-order valence-electron chi connectivity index (χ1n) is 11.5. The van der Waals surface area contributed by atoms with E-state index in [9.17, 15) is 9.59 Å². The van der Waals surface area contributed by atoms with Gasteiger partial charge in [0.15, 0.2) is 0 Å². The van der Waals surface area contributed by atoms with Crippen molar-refractivity contribution in [1.29, 1.82) is 0 Å². The van der Waals surface area contributed by atoms with Crippen molar-refractivity contribution in [2.45, 2.75) is 32.1 Å². The number of benzene rings is 2. The van der Waals surface area contributed by atoms with E-state index in [-0.39, 0.29) is 11.8 Å². The van der Waals surface area contributed by atoms with Crippen LogP contribution in [0.4, 0.5) is 0 Å². The van der Waals surface area contributed by atoms with Gasteiger partial charge in [-0.25, -0.2) is 0 Å². The van der Waals surface area contributed by atoms with Crippen molar-refractivity contribution in [3.05, 3.63) is 54.1 Å². The predicted octanol–water partition coefficient (Wildman–Crippen LogP) is 3.44. The van der Waals surface area contributed by atoms with Gasteiger partial charge in [-0.3, -0.25) is 9.59 Å². The second-order valence-corrected chi connectivity index (χ2v) is 8.74. The molecule has 2 fully saturated rings. The van der Waals surface area contributed by atoms with E-state index < -0.39 is 5.41 Å².